The first-order valence-corrected chi connectivity index (χ1v) is 7.01. The number of nitrogens with zero attached hydrogens (tertiary/aromatic N) is 4. The van der Waals surface area contributed by atoms with Gasteiger partial charge in [-0.3, -0.25) is 14.7 Å². The first kappa shape index (κ1) is 13.9. The van der Waals surface area contributed by atoms with E-state index in [1.165, 1.54) is 12.1 Å². The number of carbonyl (C=O) groups excluding carboxylic acids is 1. The molecule has 0 N–H and O–H groups in total. The minimum Gasteiger partial charge on any atom is -0.333 e. The van der Waals surface area contributed by atoms with Gasteiger partial charge in [0, 0.05) is 37.9 Å². The van der Waals surface area contributed by atoms with Crippen LogP contribution in [0.25, 0.3) is 0 Å². The van der Waals surface area contributed by atoms with Gasteiger partial charge >= 0.3 is 0 Å². The number of fused-ring (bicyclic) bond motifs is 1. The number of hydrogen-bond acceptors (Lipinski definition) is 4. The Morgan fingerprint density at radius 2 is 2.24 bits per heavy atom. The number of rotatable bonds is 4. The fourth-order valence-corrected chi connectivity index (χ4v) is 2.62. The van der Waals surface area contributed by atoms with Gasteiger partial charge in [0.05, 0.1) is 12.7 Å². The van der Waals surface area contributed by atoms with Gasteiger partial charge in [-0.05, 0) is 12.1 Å². The third-order valence-corrected chi connectivity index (χ3v) is 3.78. The predicted molar refractivity (Wildman–Crippen MR) is 75.2 cm³/mol. The van der Waals surface area contributed by atoms with Crippen molar-refractivity contribution in [3.8, 4) is 0 Å². The molecule has 21 heavy (non-hydrogen) atoms. The number of Topliss-reactive ketones (excluding diaryl/α,β-unsaturated/α-hetero) is 1. The molecule has 3 rings (SSSR count). The molecule has 0 aromatic carbocycles. The highest BCUT2D eigenvalue weighted by Gasteiger charge is 2.23. The third-order valence-electron chi connectivity index (χ3n) is 3.78. The van der Waals surface area contributed by atoms with E-state index in [0.29, 0.717) is 12.2 Å². The smallest absolute Gasteiger partial charge is 0.185 e. The zero-order valence-corrected chi connectivity index (χ0v) is 11.9. The van der Waals surface area contributed by atoms with Crippen LogP contribution in [-0.2, 0) is 13.1 Å². The third kappa shape index (κ3) is 3.00. The van der Waals surface area contributed by atoms with E-state index in [1.54, 1.807) is 6.20 Å². The summed E-state index contributed by atoms with van der Waals surface area (Å²) in [5.74, 6) is 0.372. The molecule has 0 spiro atoms. The lowest BCUT2D eigenvalue weighted by Crippen LogP contribution is -2.38. The van der Waals surface area contributed by atoms with Crippen LogP contribution in [0, 0.1) is 11.7 Å². The quantitative estimate of drug-likeness (QED) is 0.804. The largest absolute Gasteiger partial charge is 0.333 e. The lowest BCUT2D eigenvalue weighted by molar-refractivity contribution is 0.0872. The number of imidazole rings is 1. The zero-order chi connectivity index (χ0) is 14.8. The molecule has 2 aromatic heterocycles. The summed E-state index contributed by atoms with van der Waals surface area (Å²) >= 11 is 0. The molecule has 0 fully saturated rings. The van der Waals surface area contributed by atoms with Crippen molar-refractivity contribution in [1.82, 2.24) is 19.4 Å². The summed E-state index contributed by atoms with van der Waals surface area (Å²) in [6.45, 7) is 5.09. The molecular weight excluding hydrogens is 271 g/mol. The van der Waals surface area contributed by atoms with Crippen molar-refractivity contribution in [3.05, 3.63) is 48.1 Å². The van der Waals surface area contributed by atoms with Gasteiger partial charge < -0.3 is 4.57 Å². The lowest BCUT2D eigenvalue weighted by Gasteiger charge is -2.29. The van der Waals surface area contributed by atoms with Gasteiger partial charge in [0.2, 0.25) is 0 Å². The molecule has 0 bridgehead atoms. The van der Waals surface area contributed by atoms with Crippen molar-refractivity contribution in [2.75, 3.05) is 13.1 Å². The van der Waals surface area contributed by atoms with Crippen molar-refractivity contribution in [1.29, 1.82) is 0 Å². The average molecular weight is 288 g/mol. The van der Waals surface area contributed by atoms with E-state index in [0.717, 1.165) is 31.7 Å². The molecule has 2 aromatic rings. The molecule has 1 aliphatic rings. The van der Waals surface area contributed by atoms with Gasteiger partial charge in [-0.25, -0.2) is 9.37 Å². The Morgan fingerprint density at radius 1 is 1.38 bits per heavy atom. The van der Waals surface area contributed by atoms with Gasteiger partial charge in [0.15, 0.2) is 5.78 Å². The van der Waals surface area contributed by atoms with Crippen molar-refractivity contribution in [2.24, 2.45) is 5.92 Å². The molecule has 1 aliphatic heterocycles. The van der Waals surface area contributed by atoms with Crippen LogP contribution in [0.2, 0.25) is 0 Å². The van der Waals surface area contributed by atoms with Gasteiger partial charge in [0.1, 0.15) is 17.3 Å². The molecule has 5 nitrogen and oxygen atoms in total. The maximum absolute atomic E-state index is 12.8. The predicted octanol–water partition coefficient (Wildman–Crippen LogP) is 1.75. The van der Waals surface area contributed by atoms with Crippen molar-refractivity contribution in [2.45, 2.75) is 20.0 Å². The average Bonchev–Trinajstić information content (AvgIpc) is 2.95. The molecule has 0 saturated heterocycles. The lowest BCUT2D eigenvalue weighted by atomic mass is 10.0. The second-order valence-corrected chi connectivity index (χ2v) is 5.40. The van der Waals surface area contributed by atoms with Crippen LogP contribution in [0.3, 0.4) is 0 Å². The zero-order valence-electron chi connectivity index (χ0n) is 11.9. The minimum atomic E-state index is -0.429. The molecule has 110 valence electrons. The summed E-state index contributed by atoms with van der Waals surface area (Å²) in [7, 11) is 0. The normalized spacial score (nSPS) is 16.5. The topological polar surface area (TPSA) is 51.0 Å². The molecule has 3 heterocycles. The highest BCUT2D eigenvalue weighted by molar-refractivity contribution is 5.95. The molecule has 1 atom stereocenters. The first-order valence-electron chi connectivity index (χ1n) is 7.01. The second-order valence-electron chi connectivity index (χ2n) is 5.40. The summed E-state index contributed by atoms with van der Waals surface area (Å²) in [5, 5.41) is 0. The standard InChI is InChI=1S/C15H17FN4O/c1-11(15(21)13-3-2-12(16)8-18-13)9-19-6-7-20-5-4-17-14(20)10-19/h2-5,8,11H,6-7,9-10H2,1H3. The number of pyridine rings is 1. The maximum atomic E-state index is 12.8. The maximum Gasteiger partial charge on any atom is 0.185 e. The Bertz CT molecular complexity index is 637. The summed E-state index contributed by atoms with van der Waals surface area (Å²) in [6.07, 6.45) is 4.86. The summed E-state index contributed by atoms with van der Waals surface area (Å²) < 4.78 is 15.0. The Labute approximate surface area is 122 Å². The summed E-state index contributed by atoms with van der Waals surface area (Å²) in [4.78, 5) is 22.7. The van der Waals surface area contributed by atoms with Crippen LogP contribution < -0.4 is 0 Å². The van der Waals surface area contributed by atoms with Crippen LogP contribution in [0.15, 0.2) is 30.7 Å². The van der Waals surface area contributed by atoms with E-state index in [4.69, 9.17) is 0 Å². The van der Waals surface area contributed by atoms with E-state index in [9.17, 15) is 9.18 Å². The van der Waals surface area contributed by atoms with Crippen molar-refractivity contribution < 1.29 is 9.18 Å². The fourth-order valence-electron chi connectivity index (χ4n) is 2.62. The van der Waals surface area contributed by atoms with Gasteiger partial charge in [0.25, 0.3) is 0 Å². The Hall–Kier alpha value is -2.08. The highest BCUT2D eigenvalue weighted by atomic mass is 19.1. The van der Waals surface area contributed by atoms with E-state index >= 15 is 0 Å². The van der Waals surface area contributed by atoms with Gasteiger partial charge in [-0.2, -0.15) is 0 Å². The Kier molecular flexibility index (Phi) is 3.79. The van der Waals surface area contributed by atoms with Crippen LogP contribution in [0.4, 0.5) is 4.39 Å². The fraction of sp³-hybridized carbons (Fsp3) is 0.400. The molecule has 0 saturated carbocycles. The number of aromatic nitrogens is 3. The van der Waals surface area contributed by atoms with Crippen molar-refractivity contribution >= 4 is 5.78 Å². The molecule has 1 unspecified atom stereocenters. The minimum absolute atomic E-state index is 0.0519. The number of carbonyl (C=O) groups is 1. The SMILES string of the molecule is CC(CN1CCn2ccnc2C1)C(=O)c1ccc(F)cn1. The van der Waals surface area contributed by atoms with Crippen LogP contribution in [-0.4, -0.2) is 38.3 Å². The molecule has 0 radical (unpaired) electrons. The molecule has 6 heteroatoms. The monoisotopic (exact) mass is 288 g/mol. The summed E-state index contributed by atoms with van der Waals surface area (Å²) in [6, 6.07) is 2.71. The van der Waals surface area contributed by atoms with Gasteiger partial charge in [-0.1, -0.05) is 6.92 Å². The van der Waals surface area contributed by atoms with E-state index in [-0.39, 0.29) is 11.7 Å². The number of hydrogen-bond donors (Lipinski definition) is 0. The van der Waals surface area contributed by atoms with E-state index < -0.39 is 5.82 Å². The summed E-state index contributed by atoms with van der Waals surface area (Å²) in [5.41, 5.74) is 0.322. The first-order chi connectivity index (χ1) is 10.1. The van der Waals surface area contributed by atoms with Crippen LogP contribution >= 0.6 is 0 Å². The van der Waals surface area contributed by atoms with Crippen LogP contribution in [0.1, 0.15) is 23.2 Å². The van der Waals surface area contributed by atoms with Crippen LogP contribution in [0.5, 0.6) is 0 Å². The highest BCUT2D eigenvalue weighted by Crippen LogP contribution is 2.14. The molecular formula is C15H17FN4O. The Morgan fingerprint density at radius 3 is 3.00 bits per heavy atom. The van der Waals surface area contributed by atoms with E-state index in [2.05, 4.69) is 19.4 Å². The van der Waals surface area contributed by atoms with Gasteiger partial charge in [-0.15, -0.1) is 0 Å². The molecule has 0 aliphatic carbocycles. The van der Waals surface area contributed by atoms with E-state index in [1.807, 2.05) is 13.1 Å². The van der Waals surface area contributed by atoms with Crippen molar-refractivity contribution in [3.63, 3.8) is 0 Å². The number of ketones is 1. The Balaban J connectivity index is 1.63. The molecule has 0 amide bonds. The number of halogens is 1. The second kappa shape index (κ2) is 5.73.